The number of ether oxygens (including phenoxy) is 1. The van der Waals surface area contributed by atoms with Gasteiger partial charge in [-0.25, -0.2) is 0 Å². The minimum absolute atomic E-state index is 0.133. The van der Waals surface area contributed by atoms with Crippen molar-refractivity contribution < 1.29 is 9.53 Å². The molecule has 0 aromatic carbocycles. The first kappa shape index (κ1) is 11.1. The molecule has 2 rings (SSSR count). The lowest BCUT2D eigenvalue weighted by atomic mass is 10.1. The molecule has 2 aliphatic rings. The van der Waals surface area contributed by atoms with E-state index < -0.39 is 0 Å². The van der Waals surface area contributed by atoms with E-state index >= 15 is 0 Å². The zero-order valence-corrected chi connectivity index (χ0v) is 9.58. The van der Waals surface area contributed by atoms with Crippen molar-refractivity contribution in [2.75, 3.05) is 26.2 Å². The van der Waals surface area contributed by atoms with Crippen LogP contribution in [0.1, 0.15) is 32.6 Å². The average Bonchev–Trinajstić information content (AvgIpc) is 3.03. The lowest BCUT2D eigenvalue weighted by Crippen LogP contribution is -2.46. The van der Waals surface area contributed by atoms with Gasteiger partial charge in [-0.1, -0.05) is 6.92 Å². The van der Waals surface area contributed by atoms with Crippen molar-refractivity contribution in [3.63, 3.8) is 0 Å². The molecule has 1 atom stereocenters. The molecule has 0 aromatic heterocycles. The van der Waals surface area contributed by atoms with Gasteiger partial charge >= 0.3 is 0 Å². The molecule has 1 heterocycles. The summed E-state index contributed by atoms with van der Waals surface area (Å²) >= 11 is 0. The molecule has 0 spiro atoms. The van der Waals surface area contributed by atoms with Gasteiger partial charge in [-0.2, -0.15) is 0 Å². The molecule has 1 aliphatic carbocycles. The van der Waals surface area contributed by atoms with Crippen molar-refractivity contribution in [3.05, 3.63) is 0 Å². The SMILES string of the molecule is CCCN1CCOC(C(=O)CC2CC2)C1. The Morgan fingerprint density at radius 3 is 2.93 bits per heavy atom. The van der Waals surface area contributed by atoms with Gasteiger partial charge in [0.25, 0.3) is 0 Å². The largest absolute Gasteiger partial charge is 0.368 e. The molecule has 0 N–H and O–H groups in total. The van der Waals surface area contributed by atoms with E-state index in [-0.39, 0.29) is 6.10 Å². The number of hydrogen-bond donors (Lipinski definition) is 0. The van der Waals surface area contributed by atoms with E-state index in [1.807, 2.05) is 0 Å². The Bertz CT molecular complexity index is 224. The normalized spacial score (nSPS) is 27.9. The van der Waals surface area contributed by atoms with Gasteiger partial charge in [0.2, 0.25) is 0 Å². The van der Waals surface area contributed by atoms with Gasteiger partial charge in [-0.05, 0) is 31.7 Å². The number of Topliss-reactive ketones (excluding diaryl/α,β-unsaturated/α-hetero) is 1. The van der Waals surface area contributed by atoms with Gasteiger partial charge in [0.15, 0.2) is 5.78 Å². The Balaban J connectivity index is 1.77. The maximum Gasteiger partial charge on any atom is 0.163 e. The third-order valence-corrected chi connectivity index (χ3v) is 3.24. The van der Waals surface area contributed by atoms with E-state index in [1.165, 1.54) is 12.8 Å². The van der Waals surface area contributed by atoms with Crippen LogP contribution in [0, 0.1) is 5.92 Å². The van der Waals surface area contributed by atoms with Crippen LogP contribution in [0.5, 0.6) is 0 Å². The lowest BCUT2D eigenvalue weighted by molar-refractivity contribution is -0.136. The fourth-order valence-electron chi connectivity index (χ4n) is 2.15. The Labute approximate surface area is 91.8 Å². The summed E-state index contributed by atoms with van der Waals surface area (Å²) in [6, 6.07) is 0. The molecular formula is C12H21NO2. The summed E-state index contributed by atoms with van der Waals surface area (Å²) in [6.07, 6.45) is 4.27. The summed E-state index contributed by atoms with van der Waals surface area (Å²) < 4.78 is 5.55. The molecule has 0 bridgehead atoms. The van der Waals surface area contributed by atoms with Crippen molar-refractivity contribution >= 4 is 5.78 Å². The van der Waals surface area contributed by atoms with Crippen molar-refractivity contribution in [1.82, 2.24) is 4.90 Å². The number of ketones is 1. The molecule has 0 radical (unpaired) electrons. The van der Waals surface area contributed by atoms with E-state index in [4.69, 9.17) is 4.74 Å². The summed E-state index contributed by atoms with van der Waals surface area (Å²) in [5.41, 5.74) is 0. The second-order valence-corrected chi connectivity index (χ2v) is 4.77. The van der Waals surface area contributed by atoms with E-state index in [9.17, 15) is 4.79 Å². The van der Waals surface area contributed by atoms with Crippen molar-refractivity contribution in [1.29, 1.82) is 0 Å². The summed E-state index contributed by atoms with van der Waals surface area (Å²) in [5, 5.41) is 0. The second-order valence-electron chi connectivity index (χ2n) is 4.77. The highest BCUT2D eigenvalue weighted by Crippen LogP contribution is 2.33. The molecule has 1 unspecified atom stereocenters. The van der Waals surface area contributed by atoms with Gasteiger partial charge in [0.1, 0.15) is 6.10 Å². The predicted molar refractivity (Wildman–Crippen MR) is 58.8 cm³/mol. The number of nitrogens with zero attached hydrogens (tertiary/aromatic N) is 1. The van der Waals surface area contributed by atoms with Crippen molar-refractivity contribution in [2.24, 2.45) is 5.92 Å². The Morgan fingerprint density at radius 2 is 2.27 bits per heavy atom. The van der Waals surface area contributed by atoms with Crippen LogP contribution in [0.2, 0.25) is 0 Å². The fourth-order valence-corrected chi connectivity index (χ4v) is 2.15. The number of carbonyl (C=O) groups excluding carboxylic acids is 1. The summed E-state index contributed by atoms with van der Waals surface area (Å²) in [5.74, 6) is 1.01. The minimum atomic E-state index is -0.133. The zero-order valence-electron chi connectivity index (χ0n) is 9.58. The highest BCUT2D eigenvalue weighted by molar-refractivity contribution is 5.83. The predicted octanol–water partition coefficient (Wildman–Crippen LogP) is 1.47. The average molecular weight is 211 g/mol. The summed E-state index contributed by atoms with van der Waals surface area (Å²) in [4.78, 5) is 14.2. The second kappa shape index (κ2) is 5.08. The van der Waals surface area contributed by atoms with Crippen LogP contribution >= 0.6 is 0 Å². The van der Waals surface area contributed by atoms with Gasteiger partial charge in [0, 0.05) is 19.5 Å². The van der Waals surface area contributed by atoms with E-state index in [0.29, 0.717) is 11.7 Å². The van der Waals surface area contributed by atoms with Gasteiger partial charge in [0.05, 0.1) is 6.61 Å². The number of rotatable bonds is 5. The van der Waals surface area contributed by atoms with Gasteiger partial charge in [-0.15, -0.1) is 0 Å². The molecule has 0 amide bonds. The third kappa shape index (κ3) is 3.28. The Morgan fingerprint density at radius 1 is 1.47 bits per heavy atom. The molecule has 3 heteroatoms. The molecule has 15 heavy (non-hydrogen) atoms. The van der Waals surface area contributed by atoms with Crippen LogP contribution < -0.4 is 0 Å². The first-order valence-electron chi connectivity index (χ1n) is 6.16. The van der Waals surface area contributed by atoms with E-state index in [2.05, 4.69) is 11.8 Å². The molecule has 86 valence electrons. The van der Waals surface area contributed by atoms with E-state index in [0.717, 1.165) is 39.1 Å². The van der Waals surface area contributed by atoms with Crippen LogP contribution in [0.4, 0.5) is 0 Å². The van der Waals surface area contributed by atoms with Crippen molar-refractivity contribution in [3.8, 4) is 0 Å². The van der Waals surface area contributed by atoms with Crippen LogP contribution in [0.15, 0.2) is 0 Å². The number of morpholine rings is 1. The van der Waals surface area contributed by atoms with Crippen molar-refractivity contribution in [2.45, 2.75) is 38.7 Å². The number of hydrogen-bond acceptors (Lipinski definition) is 3. The first-order chi connectivity index (χ1) is 7.29. The Hall–Kier alpha value is -0.410. The topological polar surface area (TPSA) is 29.5 Å². The molecule has 1 aliphatic heterocycles. The molecule has 1 saturated carbocycles. The maximum absolute atomic E-state index is 11.8. The molecule has 0 aromatic rings. The maximum atomic E-state index is 11.8. The van der Waals surface area contributed by atoms with Gasteiger partial charge in [-0.3, -0.25) is 9.69 Å². The fraction of sp³-hybridized carbons (Fsp3) is 0.917. The third-order valence-electron chi connectivity index (χ3n) is 3.24. The molecule has 1 saturated heterocycles. The van der Waals surface area contributed by atoms with Crippen LogP contribution in [-0.2, 0) is 9.53 Å². The highest BCUT2D eigenvalue weighted by atomic mass is 16.5. The zero-order chi connectivity index (χ0) is 10.7. The molecular weight excluding hydrogens is 190 g/mol. The minimum Gasteiger partial charge on any atom is -0.368 e. The van der Waals surface area contributed by atoms with Crippen LogP contribution in [-0.4, -0.2) is 43.0 Å². The van der Waals surface area contributed by atoms with E-state index in [1.54, 1.807) is 0 Å². The van der Waals surface area contributed by atoms with Crippen LogP contribution in [0.25, 0.3) is 0 Å². The molecule has 2 fully saturated rings. The molecule has 3 nitrogen and oxygen atoms in total. The number of carbonyl (C=O) groups is 1. The smallest absolute Gasteiger partial charge is 0.163 e. The highest BCUT2D eigenvalue weighted by Gasteiger charge is 2.31. The lowest BCUT2D eigenvalue weighted by Gasteiger charge is -2.31. The standard InChI is InChI=1S/C12H21NO2/c1-2-5-13-6-7-15-12(9-13)11(14)8-10-3-4-10/h10,12H,2-9H2,1H3. The summed E-state index contributed by atoms with van der Waals surface area (Å²) in [7, 11) is 0. The Kier molecular flexibility index (Phi) is 3.76. The summed E-state index contributed by atoms with van der Waals surface area (Å²) in [6.45, 7) is 5.80. The van der Waals surface area contributed by atoms with Gasteiger partial charge < -0.3 is 4.74 Å². The first-order valence-corrected chi connectivity index (χ1v) is 6.16. The quantitative estimate of drug-likeness (QED) is 0.689. The van der Waals surface area contributed by atoms with Crippen LogP contribution in [0.3, 0.4) is 0 Å². The monoisotopic (exact) mass is 211 g/mol.